The van der Waals surface area contributed by atoms with Gasteiger partial charge in [-0.05, 0) is 18.1 Å². The average molecular weight is 246 g/mol. The first kappa shape index (κ1) is 11.8. The molecule has 6 heteroatoms. The second-order valence-corrected chi connectivity index (χ2v) is 5.35. The first-order valence-corrected chi connectivity index (χ1v) is 6.42. The zero-order valence-electron chi connectivity index (χ0n) is 7.86. The second-order valence-electron chi connectivity index (χ2n) is 2.85. The topological polar surface area (TPSA) is 78.2 Å². The highest BCUT2D eigenvalue weighted by Crippen LogP contribution is 2.30. The van der Waals surface area contributed by atoms with E-state index in [1.165, 1.54) is 12.1 Å². The number of hydrogen-bond donors (Lipinski definition) is 1. The van der Waals surface area contributed by atoms with E-state index in [0.29, 0.717) is 12.0 Å². The standard InChI is InChI=1S/C9H8ClNO3S/c1-2-6-3-4-8(12)7(5-11)9(6)15(10,13)14/h3-4,12H,2H2,1H3. The Labute approximate surface area is 92.1 Å². The number of nitrogens with zero attached hydrogens (tertiary/aromatic N) is 1. The SMILES string of the molecule is CCc1ccc(O)c(C#N)c1S(=O)(=O)Cl. The van der Waals surface area contributed by atoms with Gasteiger partial charge in [0.15, 0.2) is 0 Å². The highest BCUT2D eigenvalue weighted by Gasteiger charge is 2.22. The lowest BCUT2D eigenvalue weighted by atomic mass is 10.1. The molecule has 0 aliphatic heterocycles. The molecule has 0 aliphatic carbocycles. The summed E-state index contributed by atoms with van der Waals surface area (Å²) in [5.41, 5.74) is 0.115. The van der Waals surface area contributed by atoms with Crippen LogP contribution in [0.2, 0.25) is 0 Å². The summed E-state index contributed by atoms with van der Waals surface area (Å²) in [5, 5.41) is 18.1. The highest BCUT2D eigenvalue weighted by molar-refractivity contribution is 8.13. The molecule has 0 heterocycles. The van der Waals surface area contributed by atoms with Gasteiger partial charge in [0.1, 0.15) is 22.3 Å². The fraction of sp³-hybridized carbons (Fsp3) is 0.222. The van der Waals surface area contributed by atoms with Gasteiger partial charge >= 0.3 is 0 Å². The van der Waals surface area contributed by atoms with Crippen LogP contribution in [0.4, 0.5) is 0 Å². The molecule has 0 spiro atoms. The van der Waals surface area contributed by atoms with Gasteiger partial charge in [-0.2, -0.15) is 5.26 Å². The summed E-state index contributed by atoms with van der Waals surface area (Å²) in [5.74, 6) is -0.381. The normalized spacial score (nSPS) is 11.0. The van der Waals surface area contributed by atoms with E-state index < -0.39 is 9.05 Å². The summed E-state index contributed by atoms with van der Waals surface area (Å²) in [6, 6.07) is 4.35. The third-order valence-electron chi connectivity index (χ3n) is 1.95. The van der Waals surface area contributed by atoms with Crippen molar-refractivity contribution >= 4 is 19.7 Å². The van der Waals surface area contributed by atoms with Crippen LogP contribution in [0.1, 0.15) is 18.1 Å². The van der Waals surface area contributed by atoms with E-state index in [1.807, 2.05) is 0 Å². The predicted molar refractivity (Wildman–Crippen MR) is 55.2 cm³/mol. The molecular weight excluding hydrogens is 238 g/mol. The lowest BCUT2D eigenvalue weighted by molar-refractivity contribution is 0.471. The van der Waals surface area contributed by atoms with E-state index in [9.17, 15) is 13.5 Å². The van der Waals surface area contributed by atoms with Crippen LogP contribution < -0.4 is 0 Å². The number of aromatic hydroxyl groups is 1. The minimum Gasteiger partial charge on any atom is -0.507 e. The lowest BCUT2D eigenvalue weighted by Gasteiger charge is -2.07. The zero-order chi connectivity index (χ0) is 11.6. The molecule has 0 aromatic heterocycles. The Balaban J connectivity index is 3.73. The Hall–Kier alpha value is -1.25. The fourth-order valence-electron chi connectivity index (χ4n) is 1.28. The molecule has 0 saturated carbocycles. The Morgan fingerprint density at radius 1 is 1.53 bits per heavy atom. The summed E-state index contributed by atoms with van der Waals surface area (Å²) in [4.78, 5) is -0.297. The number of phenolic OH excluding ortho intramolecular Hbond substituents is 1. The third-order valence-corrected chi connectivity index (χ3v) is 3.37. The van der Waals surface area contributed by atoms with Crippen molar-refractivity contribution in [3.05, 3.63) is 23.3 Å². The summed E-state index contributed by atoms with van der Waals surface area (Å²) < 4.78 is 22.5. The molecule has 1 aromatic rings. The molecule has 1 rings (SSSR count). The van der Waals surface area contributed by atoms with Crippen molar-refractivity contribution in [2.45, 2.75) is 18.2 Å². The monoisotopic (exact) mass is 245 g/mol. The molecular formula is C9H8ClNO3S. The Bertz CT molecular complexity index is 531. The Morgan fingerprint density at radius 3 is 2.53 bits per heavy atom. The minimum absolute atomic E-state index is 0.297. The Morgan fingerprint density at radius 2 is 2.13 bits per heavy atom. The van der Waals surface area contributed by atoms with Gasteiger partial charge in [0.25, 0.3) is 9.05 Å². The number of halogens is 1. The molecule has 0 amide bonds. The van der Waals surface area contributed by atoms with Gasteiger partial charge in [0, 0.05) is 10.7 Å². The van der Waals surface area contributed by atoms with Crippen LogP contribution in [0, 0.1) is 11.3 Å². The van der Waals surface area contributed by atoms with Crippen LogP contribution in [0.15, 0.2) is 17.0 Å². The van der Waals surface area contributed by atoms with Gasteiger partial charge in [-0.3, -0.25) is 0 Å². The van der Waals surface area contributed by atoms with Crippen molar-refractivity contribution in [3.63, 3.8) is 0 Å². The molecule has 0 fully saturated rings. The van der Waals surface area contributed by atoms with E-state index in [1.54, 1.807) is 13.0 Å². The number of benzene rings is 1. The van der Waals surface area contributed by atoms with E-state index >= 15 is 0 Å². The van der Waals surface area contributed by atoms with E-state index in [-0.39, 0.29) is 16.2 Å². The van der Waals surface area contributed by atoms with Crippen molar-refractivity contribution in [2.75, 3.05) is 0 Å². The number of hydrogen-bond acceptors (Lipinski definition) is 4. The minimum atomic E-state index is -4.02. The number of phenols is 1. The van der Waals surface area contributed by atoms with Gasteiger partial charge in [-0.1, -0.05) is 13.0 Å². The maximum atomic E-state index is 11.2. The van der Waals surface area contributed by atoms with Gasteiger partial charge in [0.2, 0.25) is 0 Å². The van der Waals surface area contributed by atoms with E-state index in [0.717, 1.165) is 0 Å². The van der Waals surface area contributed by atoms with Crippen molar-refractivity contribution in [1.29, 1.82) is 5.26 Å². The molecule has 4 nitrogen and oxygen atoms in total. The predicted octanol–water partition coefficient (Wildman–Crippen LogP) is 1.75. The van der Waals surface area contributed by atoms with Crippen molar-refractivity contribution in [3.8, 4) is 11.8 Å². The van der Waals surface area contributed by atoms with Crippen LogP contribution in [0.3, 0.4) is 0 Å². The molecule has 15 heavy (non-hydrogen) atoms. The van der Waals surface area contributed by atoms with Crippen molar-refractivity contribution in [1.82, 2.24) is 0 Å². The first-order valence-electron chi connectivity index (χ1n) is 4.11. The van der Waals surface area contributed by atoms with Gasteiger partial charge in [0.05, 0.1) is 0 Å². The molecule has 1 aromatic carbocycles. The number of rotatable bonds is 2. The molecule has 80 valence electrons. The maximum Gasteiger partial charge on any atom is 0.263 e. The fourth-order valence-corrected chi connectivity index (χ4v) is 2.73. The number of nitriles is 1. The van der Waals surface area contributed by atoms with Crippen LogP contribution in [-0.4, -0.2) is 13.5 Å². The smallest absolute Gasteiger partial charge is 0.263 e. The summed E-state index contributed by atoms with van der Waals surface area (Å²) in [6.45, 7) is 1.74. The van der Waals surface area contributed by atoms with E-state index in [4.69, 9.17) is 15.9 Å². The molecule has 0 atom stereocenters. The van der Waals surface area contributed by atoms with Crippen LogP contribution >= 0.6 is 10.7 Å². The van der Waals surface area contributed by atoms with E-state index in [2.05, 4.69) is 0 Å². The molecule has 0 radical (unpaired) electrons. The summed E-state index contributed by atoms with van der Waals surface area (Å²) >= 11 is 0. The molecule has 1 N–H and O–H groups in total. The molecule has 0 bridgehead atoms. The average Bonchev–Trinajstić information content (AvgIpc) is 2.15. The second kappa shape index (κ2) is 4.09. The quantitative estimate of drug-likeness (QED) is 0.806. The summed E-state index contributed by atoms with van der Waals surface area (Å²) in [7, 11) is 1.19. The van der Waals surface area contributed by atoms with Crippen LogP contribution in [0.25, 0.3) is 0 Å². The zero-order valence-corrected chi connectivity index (χ0v) is 9.43. The highest BCUT2D eigenvalue weighted by atomic mass is 35.7. The van der Waals surface area contributed by atoms with Gasteiger partial charge in [-0.25, -0.2) is 8.42 Å². The number of aryl methyl sites for hydroxylation is 1. The molecule has 0 aliphatic rings. The van der Waals surface area contributed by atoms with Crippen molar-refractivity contribution < 1.29 is 13.5 Å². The van der Waals surface area contributed by atoms with Gasteiger partial charge < -0.3 is 5.11 Å². The van der Waals surface area contributed by atoms with Crippen LogP contribution in [-0.2, 0) is 15.5 Å². The third kappa shape index (κ3) is 2.22. The first-order chi connectivity index (χ1) is 6.91. The largest absolute Gasteiger partial charge is 0.507 e. The van der Waals surface area contributed by atoms with Gasteiger partial charge in [-0.15, -0.1) is 0 Å². The van der Waals surface area contributed by atoms with Crippen LogP contribution in [0.5, 0.6) is 5.75 Å². The van der Waals surface area contributed by atoms with Crippen molar-refractivity contribution in [2.24, 2.45) is 0 Å². The lowest BCUT2D eigenvalue weighted by Crippen LogP contribution is -2.01. The maximum absolute atomic E-state index is 11.2. The molecule has 0 unspecified atom stereocenters. The Kier molecular flexibility index (Phi) is 3.22. The molecule has 0 saturated heterocycles. The summed E-state index contributed by atoms with van der Waals surface area (Å²) in [6.07, 6.45) is 0.413.